The smallest absolute Gasteiger partial charge is 0.0931 e. The number of halogens is 1. The number of rotatable bonds is 6. The van der Waals surface area contributed by atoms with E-state index in [1.54, 1.807) is 11.3 Å². The summed E-state index contributed by atoms with van der Waals surface area (Å²) in [7, 11) is 4.38. The number of hydrogen-bond donors (Lipinski definition) is 1. The van der Waals surface area contributed by atoms with Gasteiger partial charge < -0.3 is 15.1 Å². The van der Waals surface area contributed by atoms with Crippen LogP contribution in [0.5, 0.6) is 0 Å². The summed E-state index contributed by atoms with van der Waals surface area (Å²) in [5.74, 6) is 0. The van der Waals surface area contributed by atoms with Crippen LogP contribution >= 0.6 is 22.9 Å². The first-order valence-corrected chi connectivity index (χ1v) is 8.63. The number of piperidine rings is 1. The van der Waals surface area contributed by atoms with Crippen molar-refractivity contribution < 1.29 is 0 Å². The average Bonchev–Trinajstić information content (AvgIpc) is 2.86. The van der Waals surface area contributed by atoms with Gasteiger partial charge in [-0.2, -0.15) is 0 Å². The number of thiophene rings is 1. The van der Waals surface area contributed by atoms with Gasteiger partial charge in [-0.1, -0.05) is 11.6 Å². The van der Waals surface area contributed by atoms with Crippen LogP contribution in [-0.2, 0) is 0 Å². The first-order valence-electron chi connectivity index (χ1n) is 7.43. The largest absolute Gasteiger partial charge is 0.308 e. The zero-order valence-corrected chi connectivity index (χ0v) is 14.3. The molecule has 3 nitrogen and oxygen atoms in total. The van der Waals surface area contributed by atoms with Crippen LogP contribution in [0.3, 0.4) is 0 Å². The van der Waals surface area contributed by atoms with E-state index < -0.39 is 0 Å². The third-order valence-corrected chi connectivity index (χ3v) is 5.60. The summed E-state index contributed by atoms with van der Waals surface area (Å²) in [6.07, 6.45) is 2.59. The third kappa shape index (κ3) is 4.71. The minimum Gasteiger partial charge on any atom is -0.308 e. The SMILES string of the molecule is C[C@@H](NCCN1CCC(N(C)C)CC1)c1ccc(Cl)s1. The molecule has 0 radical (unpaired) electrons. The van der Waals surface area contributed by atoms with E-state index in [1.807, 2.05) is 6.07 Å². The lowest BCUT2D eigenvalue weighted by atomic mass is 10.0. The number of hydrogen-bond acceptors (Lipinski definition) is 4. The molecule has 0 bridgehead atoms. The molecule has 20 heavy (non-hydrogen) atoms. The van der Waals surface area contributed by atoms with Crippen molar-refractivity contribution in [3.63, 3.8) is 0 Å². The van der Waals surface area contributed by atoms with Gasteiger partial charge in [0.1, 0.15) is 0 Å². The Labute approximate surface area is 131 Å². The second-order valence-corrected chi connectivity index (χ2v) is 7.60. The zero-order chi connectivity index (χ0) is 14.5. The van der Waals surface area contributed by atoms with E-state index in [0.717, 1.165) is 23.5 Å². The maximum Gasteiger partial charge on any atom is 0.0931 e. The van der Waals surface area contributed by atoms with Gasteiger partial charge in [-0.25, -0.2) is 0 Å². The number of nitrogens with one attached hydrogen (secondary N) is 1. The Balaban J connectivity index is 1.64. The monoisotopic (exact) mass is 315 g/mol. The molecule has 1 atom stereocenters. The first kappa shape index (κ1) is 16.2. The van der Waals surface area contributed by atoms with E-state index in [0.29, 0.717) is 6.04 Å². The summed E-state index contributed by atoms with van der Waals surface area (Å²) in [6, 6.07) is 5.26. The van der Waals surface area contributed by atoms with Gasteiger partial charge in [0, 0.05) is 30.1 Å². The van der Waals surface area contributed by atoms with Crippen molar-refractivity contribution in [2.75, 3.05) is 40.3 Å². The molecule has 0 unspecified atom stereocenters. The van der Waals surface area contributed by atoms with E-state index >= 15 is 0 Å². The Morgan fingerprint density at radius 1 is 1.40 bits per heavy atom. The summed E-state index contributed by atoms with van der Waals surface area (Å²) in [6.45, 7) is 6.85. The highest BCUT2D eigenvalue weighted by molar-refractivity contribution is 7.16. The van der Waals surface area contributed by atoms with Crippen LogP contribution in [0.15, 0.2) is 12.1 Å². The summed E-state index contributed by atoms with van der Waals surface area (Å²) in [5.41, 5.74) is 0. The van der Waals surface area contributed by atoms with Crippen molar-refractivity contribution in [3.05, 3.63) is 21.3 Å². The van der Waals surface area contributed by atoms with Crippen LogP contribution in [0.25, 0.3) is 0 Å². The summed E-state index contributed by atoms with van der Waals surface area (Å²) >= 11 is 7.65. The van der Waals surface area contributed by atoms with Gasteiger partial charge in [-0.3, -0.25) is 0 Å². The average molecular weight is 316 g/mol. The fourth-order valence-electron chi connectivity index (χ4n) is 2.76. The molecule has 1 fully saturated rings. The van der Waals surface area contributed by atoms with Crippen LogP contribution in [0.4, 0.5) is 0 Å². The molecule has 0 amide bonds. The maximum absolute atomic E-state index is 5.98. The Kier molecular flexibility index (Phi) is 6.30. The van der Waals surface area contributed by atoms with Gasteiger partial charge in [0.05, 0.1) is 4.34 Å². The molecular formula is C15H26ClN3S. The molecule has 1 aliphatic rings. The molecule has 0 aliphatic carbocycles. The third-order valence-electron chi connectivity index (χ3n) is 4.19. The predicted molar refractivity (Wildman–Crippen MR) is 88.9 cm³/mol. The first-order chi connectivity index (χ1) is 9.56. The molecule has 1 N–H and O–H groups in total. The van der Waals surface area contributed by atoms with Gasteiger partial charge in [0.25, 0.3) is 0 Å². The molecule has 2 rings (SSSR count). The summed E-state index contributed by atoms with van der Waals surface area (Å²) in [4.78, 5) is 6.25. The second-order valence-electron chi connectivity index (χ2n) is 5.85. The van der Waals surface area contributed by atoms with Gasteiger partial charge in [-0.15, -0.1) is 11.3 Å². The van der Waals surface area contributed by atoms with Crippen molar-refractivity contribution in [1.82, 2.24) is 15.1 Å². The molecule has 114 valence electrons. The molecule has 0 aromatic carbocycles. The maximum atomic E-state index is 5.98. The summed E-state index contributed by atoms with van der Waals surface area (Å²) < 4.78 is 0.874. The van der Waals surface area contributed by atoms with Gasteiger partial charge >= 0.3 is 0 Å². The molecule has 1 aromatic rings. The van der Waals surface area contributed by atoms with Gasteiger partial charge in [-0.05, 0) is 59.1 Å². The molecule has 5 heteroatoms. The zero-order valence-electron chi connectivity index (χ0n) is 12.7. The van der Waals surface area contributed by atoms with Crippen LogP contribution < -0.4 is 5.32 Å². The molecule has 1 saturated heterocycles. The van der Waals surface area contributed by atoms with Gasteiger partial charge in [0.2, 0.25) is 0 Å². The topological polar surface area (TPSA) is 18.5 Å². The highest BCUT2D eigenvalue weighted by Gasteiger charge is 2.20. The fourth-order valence-corrected chi connectivity index (χ4v) is 3.85. The minimum atomic E-state index is 0.395. The molecular weight excluding hydrogens is 290 g/mol. The lowest BCUT2D eigenvalue weighted by molar-refractivity contribution is 0.145. The molecule has 0 spiro atoms. The molecule has 1 aliphatic heterocycles. The predicted octanol–water partition coefficient (Wildman–Crippen LogP) is 3.08. The van der Waals surface area contributed by atoms with E-state index in [2.05, 4.69) is 42.2 Å². The van der Waals surface area contributed by atoms with Crippen molar-refractivity contribution in [2.45, 2.75) is 31.8 Å². The highest BCUT2D eigenvalue weighted by Crippen LogP contribution is 2.26. The quantitative estimate of drug-likeness (QED) is 0.870. The second kappa shape index (κ2) is 7.76. The lowest BCUT2D eigenvalue weighted by Gasteiger charge is -2.35. The summed E-state index contributed by atoms with van der Waals surface area (Å²) in [5, 5.41) is 3.59. The normalized spacial score (nSPS) is 19.6. The van der Waals surface area contributed by atoms with Crippen molar-refractivity contribution in [2.24, 2.45) is 0 Å². The molecule has 1 aromatic heterocycles. The van der Waals surface area contributed by atoms with E-state index in [1.165, 1.54) is 30.8 Å². The van der Waals surface area contributed by atoms with E-state index in [-0.39, 0.29) is 0 Å². The fraction of sp³-hybridized carbons (Fsp3) is 0.733. The van der Waals surface area contributed by atoms with Crippen LogP contribution in [-0.4, -0.2) is 56.1 Å². The minimum absolute atomic E-state index is 0.395. The van der Waals surface area contributed by atoms with Crippen molar-refractivity contribution in [1.29, 1.82) is 0 Å². The Hall–Kier alpha value is -0.130. The van der Waals surface area contributed by atoms with Crippen molar-refractivity contribution in [3.8, 4) is 0 Å². The lowest BCUT2D eigenvalue weighted by Crippen LogP contribution is -2.44. The Morgan fingerprint density at radius 3 is 2.65 bits per heavy atom. The van der Waals surface area contributed by atoms with E-state index in [9.17, 15) is 0 Å². The Bertz CT molecular complexity index is 400. The number of likely N-dealkylation sites (tertiary alicyclic amines) is 1. The molecule has 0 saturated carbocycles. The highest BCUT2D eigenvalue weighted by atomic mass is 35.5. The van der Waals surface area contributed by atoms with E-state index in [4.69, 9.17) is 11.6 Å². The van der Waals surface area contributed by atoms with Crippen LogP contribution in [0, 0.1) is 0 Å². The standard InChI is InChI=1S/C15H26ClN3S/c1-12(14-4-5-15(16)20-14)17-8-11-19-9-6-13(7-10-19)18(2)3/h4-5,12-13,17H,6-11H2,1-3H3/t12-/m1/s1. The van der Waals surface area contributed by atoms with Crippen LogP contribution in [0.1, 0.15) is 30.7 Å². The van der Waals surface area contributed by atoms with Gasteiger partial charge in [0.15, 0.2) is 0 Å². The molecule has 2 heterocycles. The van der Waals surface area contributed by atoms with Crippen LogP contribution in [0.2, 0.25) is 4.34 Å². The Morgan fingerprint density at radius 2 is 2.10 bits per heavy atom. The number of nitrogens with zero attached hydrogens (tertiary/aromatic N) is 2. The van der Waals surface area contributed by atoms with Crippen molar-refractivity contribution >= 4 is 22.9 Å².